The summed E-state index contributed by atoms with van der Waals surface area (Å²) < 4.78 is 7.11. The van der Waals surface area contributed by atoms with Crippen molar-refractivity contribution in [2.24, 2.45) is 0 Å². The summed E-state index contributed by atoms with van der Waals surface area (Å²) in [5.74, 6) is -0.326. The normalized spacial score (nSPS) is 10.7. The second-order valence-corrected chi connectivity index (χ2v) is 3.57. The summed E-state index contributed by atoms with van der Waals surface area (Å²) in [6.45, 7) is 0. The van der Waals surface area contributed by atoms with Crippen LogP contribution >= 0.6 is 0 Å². The fraction of sp³-hybridized carbons (Fsp3) is 0.0769. The number of hydrogen-bond donors (Lipinski definition) is 1. The lowest BCUT2D eigenvalue weighted by Crippen LogP contribution is -1.96. The molecule has 1 N–H and O–H groups in total. The van der Waals surface area contributed by atoms with Crippen LogP contribution in [0.2, 0.25) is 0 Å². The lowest BCUT2D eigenvalue weighted by molar-refractivity contribution is -0.131. The first-order valence-electron chi connectivity index (χ1n) is 5.28. The van der Waals surface area contributed by atoms with Crippen LogP contribution in [0.1, 0.15) is 5.56 Å². The Kier molecular flexibility index (Phi) is 3.43. The van der Waals surface area contributed by atoms with Gasteiger partial charge in [-0.2, -0.15) is 0 Å². The lowest BCUT2D eigenvalue weighted by Gasteiger charge is -2.09. The molecule has 1 heterocycles. The van der Waals surface area contributed by atoms with Gasteiger partial charge in [0.2, 0.25) is 0 Å². The Bertz CT molecular complexity index is 574. The van der Waals surface area contributed by atoms with Gasteiger partial charge in [0, 0.05) is 18.5 Å². The van der Waals surface area contributed by atoms with Crippen molar-refractivity contribution >= 4 is 12.0 Å². The molecule has 0 amide bonds. The Morgan fingerprint density at radius 2 is 2.33 bits per heavy atom. The third kappa shape index (κ3) is 2.57. The van der Waals surface area contributed by atoms with E-state index in [0.717, 1.165) is 17.3 Å². The van der Waals surface area contributed by atoms with E-state index in [1.807, 2.05) is 22.9 Å². The molecule has 18 heavy (non-hydrogen) atoms. The van der Waals surface area contributed by atoms with E-state index in [9.17, 15) is 4.79 Å². The molecular weight excluding hydrogens is 232 g/mol. The van der Waals surface area contributed by atoms with E-state index in [2.05, 4.69) is 4.98 Å². The summed E-state index contributed by atoms with van der Waals surface area (Å²) in [6, 6.07) is 5.44. The number of ether oxygens (including phenoxy) is 1. The summed E-state index contributed by atoms with van der Waals surface area (Å²) in [7, 11) is 1.57. The molecule has 2 rings (SSSR count). The van der Waals surface area contributed by atoms with Gasteiger partial charge in [-0.05, 0) is 23.8 Å². The molecule has 5 nitrogen and oxygen atoms in total. The van der Waals surface area contributed by atoms with Crippen molar-refractivity contribution in [3.63, 3.8) is 0 Å². The molecule has 1 aromatic carbocycles. The Morgan fingerprint density at radius 3 is 2.94 bits per heavy atom. The van der Waals surface area contributed by atoms with E-state index < -0.39 is 5.97 Å². The first kappa shape index (κ1) is 11.9. The van der Waals surface area contributed by atoms with Crippen molar-refractivity contribution in [3.05, 3.63) is 48.6 Å². The number of nitrogens with zero attached hydrogens (tertiary/aromatic N) is 2. The van der Waals surface area contributed by atoms with Crippen LogP contribution in [-0.2, 0) is 4.79 Å². The minimum absolute atomic E-state index is 0.653. The van der Waals surface area contributed by atoms with Gasteiger partial charge in [0.1, 0.15) is 5.75 Å². The summed E-state index contributed by atoms with van der Waals surface area (Å²) >= 11 is 0. The molecule has 0 aliphatic rings. The van der Waals surface area contributed by atoms with Crippen LogP contribution in [0.25, 0.3) is 11.8 Å². The number of methoxy groups -OCH3 is 1. The van der Waals surface area contributed by atoms with Crippen LogP contribution in [0.15, 0.2) is 43.0 Å². The van der Waals surface area contributed by atoms with Crippen LogP contribution in [-0.4, -0.2) is 27.7 Å². The van der Waals surface area contributed by atoms with Gasteiger partial charge in [-0.3, -0.25) is 0 Å². The number of carboxylic acid groups (broad SMARTS) is 1. The highest BCUT2D eigenvalue weighted by Gasteiger charge is 2.05. The molecule has 0 fully saturated rings. The number of carboxylic acids is 1. The lowest BCUT2D eigenvalue weighted by atomic mass is 10.1. The van der Waals surface area contributed by atoms with Gasteiger partial charge < -0.3 is 14.4 Å². The van der Waals surface area contributed by atoms with Crippen molar-refractivity contribution in [1.29, 1.82) is 0 Å². The van der Waals surface area contributed by atoms with E-state index in [-0.39, 0.29) is 0 Å². The number of rotatable bonds is 4. The monoisotopic (exact) mass is 244 g/mol. The number of aromatic nitrogens is 2. The maximum atomic E-state index is 10.5. The number of aliphatic carboxylic acids is 1. The van der Waals surface area contributed by atoms with Crippen LogP contribution < -0.4 is 4.74 Å². The van der Waals surface area contributed by atoms with E-state index in [4.69, 9.17) is 9.84 Å². The van der Waals surface area contributed by atoms with Crippen molar-refractivity contribution in [2.45, 2.75) is 0 Å². The van der Waals surface area contributed by atoms with Gasteiger partial charge in [0.05, 0.1) is 19.1 Å². The number of hydrogen-bond acceptors (Lipinski definition) is 3. The minimum atomic E-state index is -0.979. The average molecular weight is 244 g/mol. The highest BCUT2D eigenvalue weighted by Crippen LogP contribution is 2.24. The molecule has 0 radical (unpaired) electrons. The highest BCUT2D eigenvalue weighted by molar-refractivity contribution is 5.85. The van der Waals surface area contributed by atoms with Gasteiger partial charge in [0.25, 0.3) is 0 Å². The smallest absolute Gasteiger partial charge is 0.328 e. The summed E-state index contributed by atoms with van der Waals surface area (Å²) in [5, 5.41) is 8.58. The maximum Gasteiger partial charge on any atom is 0.328 e. The third-order valence-electron chi connectivity index (χ3n) is 2.40. The van der Waals surface area contributed by atoms with E-state index >= 15 is 0 Å². The SMILES string of the molecule is COc1cc(/C=C/C(=O)O)ccc1-n1ccnc1. The van der Waals surface area contributed by atoms with E-state index in [0.29, 0.717) is 5.75 Å². The van der Waals surface area contributed by atoms with Crippen molar-refractivity contribution in [3.8, 4) is 11.4 Å². The largest absolute Gasteiger partial charge is 0.495 e. The molecule has 2 aromatic rings. The number of carbonyl (C=O) groups is 1. The van der Waals surface area contributed by atoms with E-state index in [1.165, 1.54) is 6.08 Å². The molecule has 5 heteroatoms. The number of imidazole rings is 1. The molecule has 0 aliphatic carbocycles. The molecule has 0 bridgehead atoms. The van der Waals surface area contributed by atoms with Gasteiger partial charge in [-0.15, -0.1) is 0 Å². The third-order valence-corrected chi connectivity index (χ3v) is 2.40. The first-order chi connectivity index (χ1) is 8.70. The van der Waals surface area contributed by atoms with Crippen LogP contribution in [0.4, 0.5) is 0 Å². The molecule has 0 unspecified atom stereocenters. The number of benzene rings is 1. The van der Waals surface area contributed by atoms with E-state index in [1.54, 1.807) is 25.7 Å². The minimum Gasteiger partial charge on any atom is -0.495 e. The molecule has 0 aliphatic heterocycles. The zero-order chi connectivity index (χ0) is 13.0. The zero-order valence-corrected chi connectivity index (χ0v) is 9.78. The zero-order valence-electron chi connectivity index (χ0n) is 9.78. The van der Waals surface area contributed by atoms with Gasteiger partial charge >= 0.3 is 5.97 Å². The van der Waals surface area contributed by atoms with Crippen molar-refractivity contribution in [2.75, 3.05) is 7.11 Å². The second kappa shape index (κ2) is 5.18. The predicted molar refractivity (Wildman–Crippen MR) is 66.8 cm³/mol. The maximum absolute atomic E-state index is 10.5. The molecule has 1 aromatic heterocycles. The Morgan fingerprint density at radius 1 is 1.50 bits per heavy atom. The van der Waals surface area contributed by atoms with Gasteiger partial charge in [-0.25, -0.2) is 9.78 Å². The molecule has 92 valence electrons. The molecular formula is C13H12N2O3. The first-order valence-corrected chi connectivity index (χ1v) is 5.28. The predicted octanol–water partition coefficient (Wildman–Crippen LogP) is 1.98. The summed E-state index contributed by atoms with van der Waals surface area (Å²) in [6.07, 6.45) is 7.76. The molecule has 0 saturated carbocycles. The highest BCUT2D eigenvalue weighted by atomic mass is 16.5. The molecule has 0 saturated heterocycles. The van der Waals surface area contributed by atoms with Crippen LogP contribution in [0, 0.1) is 0 Å². The average Bonchev–Trinajstić information content (AvgIpc) is 2.89. The topological polar surface area (TPSA) is 64.3 Å². The summed E-state index contributed by atoms with van der Waals surface area (Å²) in [5.41, 5.74) is 1.61. The Balaban J connectivity index is 2.38. The molecule has 0 spiro atoms. The molecule has 0 atom stereocenters. The van der Waals surface area contributed by atoms with Crippen LogP contribution in [0.3, 0.4) is 0 Å². The fourth-order valence-corrected chi connectivity index (χ4v) is 1.58. The van der Waals surface area contributed by atoms with Gasteiger partial charge in [0.15, 0.2) is 0 Å². The Hall–Kier alpha value is -2.56. The van der Waals surface area contributed by atoms with Crippen molar-refractivity contribution in [1.82, 2.24) is 9.55 Å². The standard InChI is InChI=1S/C13H12N2O3/c1-18-12-8-10(3-5-13(16)17)2-4-11(12)15-7-6-14-9-15/h2-9H,1H3,(H,16,17)/b5-3+. The fourth-order valence-electron chi connectivity index (χ4n) is 1.58. The second-order valence-electron chi connectivity index (χ2n) is 3.57. The Labute approximate surface area is 104 Å². The summed E-state index contributed by atoms with van der Waals surface area (Å²) in [4.78, 5) is 14.4. The van der Waals surface area contributed by atoms with Crippen LogP contribution in [0.5, 0.6) is 5.75 Å². The van der Waals surface area contributed by atoms with Gasteiger partial charge in [-0.1, -0.05) is 6.07 Å². The quantitative estimate of drug-likeness (QED) is 0.835. The van der Waals surface area contributed by atoms with Crippen molar-refractivity contribution < 1.29 is 14.6 Å².